The van der Waals surface area contributed by atoms with E-state index in [-0.39, 0.29) is 31.6 Å². The van der Waals surface area contributed by atoms with Gasteiger partial charge in [0.1, 0.15) is 6.04 Å². The van der Waals surface area contributed by atoms with Gasteiger partial charge in [0.05, 0.1) is 5.56 Å². The number of nitrogens with two attached hydrogens (primary N) is 1. The number of rotatable bonds is 19. The Morgan fingerprint density at radius 2 is 1.68 bits per heavy atom. The van der Waals surface area contributed by atoms with Crippen molar-refractivity contribution in [2.75, 3.05) is 6.54 Å². The molecule has 0 aliphatic carbocycles. The summed E-state index contributed by atoms with van der Waals surface area (Å²) in [6.07, 6.45) is 7.24. The van der Waals surface area contributed by atoms with Gasteiger partial charge in [-0.25, -0.2) is 0 Å². The molecule has 0 saturated heterocycles. The Morgan fingerprint density at radius 3 is 2.36 bits per heavy atom. The van der Waals surface area contributed by atoms with E-state index in [0.717, 1.165) is 42.1 Å². The molecule has 0 unspecified atom stereocenters. The molecular formula is C34H45ClN4O5. The quantitative estimate of drug-likeness (QED) is 0.138. The number of hydrogen-bond acceptors (Lipinski definition) is 4. The van der Waals surface area contributed by atoms with Crippen molar-refractivity contribution in [1.82, 2.24) is 14.8 Å². The molecule has 4 N–H and O–H groups in total. The monoisotopic (exact) mass is 624 g/mol. The highest BCUT2D eigenvalue weighted by molar-refractivity contribution is 6.31. The summed E-state index contributed by atoms with van der Waals surface area (Å²) >= 11 is 6.42. The van der Waals surface area contributed by atoms with Crippen molar-refractivity contribution in [1.29, 1.82) is 0 Å². The maximum atomic E-state index is 14.1. The summed E-state index contributed by atoms with van der Waals surface area (Å²) in [5.41, 5.74) is 7.74. The van der Waals surface area contributed by atoms with Gasteiger partial charge in [0.2, 0.25) is 11.8 Å². The number of halogens is 1. The zero-order chi connectivity index (χ0) is 32.1. The van der Waals surface area contributed by atoms with Crippen molar-refractivity contribution < 1.29 is 24.3 Å². The number of primary amides is 1. The van der Waals surface area contributed by atoms with Crippen LogP contribution in [0.2, 0.25) is 5.02 Å². The van der Waals surface area contributed by atoms with E-state index >= 15 is 0 Å². The van der Waals surface area contributed by atoms with E-state index in [1.165, 1.54) is 0 Å². The van der Waals surface area contributed by atoms with E-state index in [1.807, 2.05) is 60.0 Å². The number of benzene rings is 2. The largest absolute Gasteiger partial charge is 0.481 e. The van der Waals surface area contributed by atoms with Crippen LogP contribution in [-0.4, -0.2) is 56.9 Å². The number of carbonyl (C=O) groups is 4. The number of fused-ring (bicyclic) bond motifs is 1. The van der Waals surface area contributed by atoms with Crippen molar-refractivity contribution in [3.05, 3.63) is 70.9 Å². The fourth-order valence-corrected chi connectivity index (χ4v) is 5.84. The fourth-order valence-electron chi connectivity index (χ4n) is 5.64. The third-order valence-corrected chi connectivity index (χ3v) is 8.20. The second-order valence-electron chi connectivity index (χ2n) is 11.3. The minimum atomic E-state index is -0.974. The zero-order valence-corrected chi connectivity index (χ0v) is 26.5. The predicted molar refractivity (Wildman–Crippen MR) is 174 cm³/mol. The Hall–Kier alpha value is -3.85. The number of hydrogen-bond donors (Lipinski definition) is 3. The summed E-state index contributed by atoms with van der Waals surface area (Å²) in [6.45, 7) is 4.91. The lowest BCUT2D eigenvalue weighted by atomic mass is 10.00. The highest BCUT2D eigenvalue weighted by Crippen LogP contribution is 2.25. The van der Waals surface area contributed by atoms with Crippen LogP contribution in [-0.2, 0) is 20.9 Å². The van der Waals surface area contributed by atoms with E-state index in [0.29, 0.717) is 36.5 Å². The molecule has 1 heterocycles. The van der Waals surface area contributed by atoms with Gasteiger partial charge in [-0.05, 0) is 43.4 Å². The summed E-state index contributed by atoms with van der Waals surface area (Å²) in [6, 6.07) is 13.7. The van der Waals surface area contributed by atoms with Crippen LogP contribution in [0, 0.1) is 0 Å². The first-order chi connectivity index (χ1) is 21.2. The molecule has 3 aromatic rings. The third-order valence-electron chi connectivity index (χ3n) is 7.83. The first-order valence-corrected chi connectivity index (χ1v) is 16.0. The van der Waals surface area contributed by atoms with Gasteiger partial charge in [0, 0.05) is 54.1 Å². The molecular weight excluding hydrogens is 580 g/mol. The average molecular weight is 625 g/mol. The summed E-state index contributed by atoms with van der Waals surface area (Å²) in [7, 11) is 0. The maximum Gasteiger partial charge on any atom is 0.303 e. The number of carboxylic acid groups (broad SMARTS) is 1. The van der Waals surface area contributed by atoms with Crippen molar-refractivity contribution in [2.24, 2.45) is 5.73 Å². The van der Waals surface area contributed by atoms with Gasteiger partial charge >= 0.3 is 5.97 Å². The van der Waals surface area contributed by atoms with Crippen LogP contribution in [0.25, 0.3) is 10.9 Å². The molecule has 3 amide bonds. The Morgan fingerprint density at radius 1 is 0.955 bits per heavy atom. The molecule has 0 spiro atoms. The number of para-hydroxylation sites is 1. The van der Waals surface area contributed by atoms with Crippen molar-refractivity contribution in [2.45, 2.75) is 96.7 Å². The average Bonchev–Trinajstić information content (AvgIpc) is 3.36. The highest BCUT2D eigenvalue weighted by atomic mass is 35.5. The lowest BCUT2D eigenvalue weighted by Crippen LogP contribution is -2.53. The van der Waals surface area contributed by atoms with Gasteiger partial charge in [-0.15, -0.1) is 0 Å². The number of aliphatic carboxylic acids is 1. The van der Waals surface area contributed by atoms with Gasteiger partial charge in [0.15, 0.2) is 0 Å². The number of carboxylic acids is 1. The summed E-state index contributed by atoms with van der Waals surface area (Å²) < 4.78 is 1.95. The molecule has 0 radical (unpaired) electrons. The van der Waals surface area contributed by atoms with Crippen LogP contribution in [0.5, 0.6) is 0 Å². The molecule has 1 aromatic heterocycles. The van der Waals surface area contributed by atoms with Gasteiger partial charge in [-0.2, -0.15) is 0 Å². The van der Waals surface area contributed by atoms with Crippen LogP contribution in [0.4, 0.5) is 0 Å². The minimum Gasteiger partial charge on any atom is -0.481 e. The molecule has 0 bridgehead atoms. The number of unbranched alkanes of at least 4 members (excludes halogenated alkanes) is 3. The molecule has 10 heteroatoms. The van der Waals surface area contributed by atoms with Crippen LogP contribution in [0.3, 0.4) is 0 Å². The number of carbonyl (C=O) groups excluding carboxylic acids is 3. The fraction of sp³-hybridized carbons (Fsp3) is 0.471. The number of aromatic nitrogens is 1. The van der Waals surface area contributed by atoms with Crippen LogP contribution in [0.1, 0.15) is 94.0 Å². The predicted octanol–water partition coefficient (Wildman–Crippen LogP) is 6.15. The molecule has 44 heavy (non-hydrogen) atoms. The molecule has 2 atom stereocenters. The third kappa shape index (κ3) is 9.84. The van der Waals surface area contributed by atoms with E-state index in [9.17, 15) is 24.3 Å². The molecule has 9 nitrogen and oxygen atoms in total. The summed E-state index contributed by atoms with van der Waals surface area (Å²) in [5.74, 6) is -2.22. The molecule has 2 aromatic carbocycles. The SMILES string of the molecule is CCCCCC[C@@H](CC(N)=O)N(CCC)C(=O)[C@H](CCCC(=O)O)NC(=O)c1cn(Cc2ccccc2Cl)c2ccccc12. The van der Waals surface area contributed by atoms with Crippen LogP contribution < -0.4 is 11.1 Å². The number of nitrogens with one attached hydrogen (secondary N) is 1. The van der Waals surface area contributed by atoms with E-state index in [2.05, 4.69) is 12.2 Å². The van der Waals surface area contributed by atoms with Crippen molar-refractivity contribution in [3.8, 4) is 0 Å². The maximum absolute atomic E-state index is 14.1. The van der Waals surface area contributed by atoms with Gasteiger partial charge in [-0.3, -0.25) is 19.2 Å². The smallest absolute Gasteiger partial charge is 0.303 e. The van der Waals surface area contributed by atoms with Crippen LogP contribution >= 0.6 is 11.6 Å². The second-order valence-corrected chi connectivity index (χ2v) is 11.7. The van der Waals surface area contributed by atoms with Gasteiger partial charge < -0.3 is 25.6 Å². The van der Waals surface area contributed by atoms with E-state index in [4.69, 9.17) is 17.3 Å². The number of amides is 3. The molecule has 0 aliphatic heterocycles. The molecule has 0 aliphatic rings. The Kier molecular flexibility index (Phi) is 13.7. The zero-order valence-electron chi connectivity index (χ0n) is 25.8. The standard InChI is InChI=1S/C34H45ClN4O5/c1-3-5-6-7-14-25(21-31(36)40)39(20-4-2)34(44)29(17-12-19-32(41)42)37-33(43)27-23-38(30-18-11-9-15-26(27)30)22-24-13-8-10-16-28(24)35/h8-11,13,15-16,18,23,25,29H,3-7,12,14,17,19-22H2,1-2H3,(H2,36,40)(H,37,43)(H,41,42)/t25-,29-/m0/s1. The highest BCUT2D eigenvalue weighted by Gasteiger charge is 2.32. The Balaban J connectivity index is 1.92. The first-order valence-electron chi connectivity index (χ1n) is 15.6. The second kappa shape index (κ2) is 17.4. The van der Waals surface area contributed by atoms with Gasteiger partial charge in [0.25, 0.3) is 5.91 Å². The number of nitrogens with zero attached hydrogens (tertiary/aromatic N) is 2. The van der Waals surface area contributed by atoms with Crippen LogP contribution in [0.15, 0.2) is 54.7 Å². The summed E-state index contributed by atoms with van der Waals surface area (Å²) in [5, 5.41) is 13.5. The lowest BCUT2D eigenvalue weighted by Gasteiger charge is -2.34. The summed E-state index contributed by atoms with van der Waals surface area (Å²) in [4.78, 5) is 53.0. The molecule has 0 saturated carbocycles. The Bertz CT molecular complexity index is 1420. The van der Waals surface area contributed by atoms with E-state index in [1.54, 1.807) is 11.1 Å². The van der Waals surface area contributed by atoms with Gasteiger partial charge in [-0.1, -0.05) is 87.5 Å². The molecule has 238 valence electrons. The Labute approximate surface area is 264 Å². The first kappa shape index (κ1) is 34.6. The molecule has 3 rings (SSSR count). The molecule has 0 fully saturated rings. The normalized spacial score (nSPS) is 12.5. The minimum absolute atomic E-state index is 0.0309. The lowest BCUT2D eigenvalue weighted by molar-refractivity contribution is -0.139. The topological polar surface area (TPSA) is 135 Å². The van der Waals surface area contributed by atoms with E-state index < -0.39 is 29.9 Å². The van der Waals surface area contributed by atoms with Crippen molar-refractivity contribution in [3.63, 3.8) is 0 Å². The van der Waals surface area contributed by atoms with Crippen molar-refractivity contribution >= 4 is 46.2 Å².